The third kappa shape index (κ3) is 7.26. The Hall–Kier alpha value is -3.04. The molecule has 1 fully saturated rings. The van der Waals surface area contributed by atoms with Gasteiger partial charge in [-0.3, -0.25) is 4.79 Å². The second-order valence-corrected chi connectivity index (χ2v) is 9.61. The number of hydrogen-bond acceptors (Lipinski definition) is 8. The second kappa shape index (κ2) is 13.5. The number of hydrogen-bond donors (Lipinski definition) is 0. The largest absolute Gasteiger partial charge is 0.466 e. The zero-order valence-corrected chi connectivity index (χ0v) is 22.3. The maximum Gasteiger partial charge on any atom is 0.305 e. The van der Waals surface area contributed by atoms with Gasteiger partial charge in [0, 0.05) is 37.7 Å². The third-order valence-electron chi connectivity index (χ3n) is 6.45. The molecule has 3 aromatic rings. The van der Waals surface area contributed by atoms with E-state index in [0.717, 1.165) is 72.7 Å². The minimum absolute atomic E-state index is 0.104. The van der Waals surface area contributed by atoms with Crippen LogP contribution in [0.5, 0.6) is 0 Å². The monoisotopic (exact) mass is 509 g/mol. The lowest BCUT2D eigenvalue weighted by molar-refractivity contribution is -0.143. The molecule has 1 aromatic carbocycles. The maximum atomic E-state index is 11.4. The Labute approximate surface area is 219 Å². The molecule has 1 aliphatic rings. The van der Waals surface area contributed by atoms with Crippen LogP contribution in [0.3, 0.4) is 0 Å². The van der Waals surface area contributed by atoms with E-state index in [0.29, 0.717) is 39.5 Å². The van der Waals surface area contributed by atoms with Crippen LogP contribution in [0.2, 0.25) is 0 Å². The molecule has 1 saturated heterocycles. The molecule has 0 N–H and O–H groups in total. The Morgan fingerprint density at radius 2 is 1.92 bits per heavy atom. The predicted octanol–water partition coefficient (Wildman–Crippen LogP) is 4.94. The van der Waals surface area contributed by atoms with Gasteiger partial charge < -0.3 is 23.7 Å². The highest BCUT2D eigenvalue weighted by atomic mass is 16.5. The highest BCUT2D eigenvalue weighted by molar-refractivity contribution is 5.88. The summed E-state index contributed by atoms with van der Waals surface area (Å²) in [6.45, 7) is 10.7. The number of carbonyl (C=O) groups excluding carboxylic acids is 1. The van der Waals surface area contributed by atoms with Crippen LogP contribution >= 0.6 is 0 Å². The first-order chi connectivity index (χ1) is 18.1. The minimum Gasteiger partial charge on any atom is -0.466 e. The van der Waals surface area contributed by atoms with Crippen LogP contribution < -0.4 is 4.90 Å². The molecule has 0 saturated carbocycles. The zero-order chi connectivity index (χ0) is 26.0. The smallest absolute Gasteiger partial charge is 0.305 e. The van der Waals surface area contributed by atoms with E-state index in [1.165, 1.54) is 0 Å². The van der Waals surface area contributed by atoms with Gasteiger partial charge in [-0.25, -0.2) is 9.97 Å². The first kappa shape index (κ1) is 27.0. The lowest BCUT2D eigenvalue weighted by atomic mass is 10.1. The van der Waals surface area contributed by atoms with Gasteiger partial charge in [0.25, 0.3) is 0 Å². The van der Waals surface area contributed by atoms with E-state index in [1.54, 1.807) is 0 Å². The van der Waals surface area contributed by atoms with Crippen molar-refractivity contribution in [1.82, 2.24) is 19.5 Å². The number of aromatic nitrogens is 4. The highest BCUT2D eigenvalue weighted by Gasteiger charge is 2.21. The lowest BCUT2D eigenvalue weighted by Crippen LogP contribution is -2.37. The summed E-state index contributed by atoms with van der Waals surface area (Å²) in [6.07, 6.45) is 6.26. The van der Waals surface area contributed by atoms with Crippen molar-refractivity contribution in [2.45, 2.75) is 65.5 Å². The summed E-state index contributed by atoms with van der Waals surface area (Å²) in [4.78, 5) is 28.2. The Morgan fingerprint density at radius 3 is 2.70 bits per heavy atom. The zero-order valence-electron chi connectivity index (χ0n) is 22.3. The van der Waals surface area contributed by atoms with Crippen LogP contribution in [0.15, 0.2) is 30.6 Å². The molecule has 2 aromatic heterocycles. The number of fused-ring (bicyclic) bond motifs is 1. The molecule has 9 nitrogen and oxygen atoms in total. The molecule has 9 heteroatoms. The Kier molecular flexibility index (Phi) is 9.85. The molecular weight excluding hydrogens is 470 g/mol. The van der Waals surface area contributed by atoms with Gasteiger partial charge in [-0.05, 0) is 45.2 Å². The minimum atomic E-state index is -0.104. The molecule has 0 spiro atoms. The van der Waals surface area contributed by atoms with Gasteiger partial charge in [-0.15, -0.1) is 0 Å². The number of rotatable bonds is 13. The number of morpholine rings is 1. The highest BCUT2D eigenvalue weighted by Crippen LogP contribution is 2.29. The van der Waals surface area contributed by atoms with Crippen LogP contribution in [-0.4, -0.2) is 65.0 Å². The summed E-state index contributed by atoms with van der Waals surface area (Å²) in [6, 6.07) is 8.59. The maximum absolute atomic E-state index is 11.4. The Balaban J connectivity index is 1.40. The van der Waals surface area contributed by atoms with Crippen LogP contribution in [0.1, 0.15) is 64.5 Å². The van der Waals surface area contributed by atoms with E-state index < -0.39 is 0 Å². The number of unbranched alkanes of at least 4 members (excludes halogenated alkanes) is 3. The fourth-order valence-corrected chi connectivity index (χ4v) is 4.45. The number of ether oxygens (including phenoxy) is 3. The van der Waals surface area contributed by atoms with Crippen molar-refractivity contribution < 1.29 is 19.0 Å². The van der Waals surface area contributed by atoms with Gasteiger partial charge in [0.05, 0.1) is 32.8 Å². The van der Waals surface area contributed by atoms with Crippen molar-refractivity contribution in [1.29, 1.82) is 0 Å². The summed E-state index contributed by atoms with van der Waals surface area (Å²) in [5, 5.41) is 0. The number of esters is 1. The van der Waals surface area contributed by atoms with Gasteiger partial charge in [0.15, 0.2) is 5.65 Å². The molecule has 200 valence electrons. The van der Waals surface area contributed by atoms with Crippen molar-refractivity contribution >= 4 is 23.1 Å². The summed E-state index contributed by atoms with van der Waals surface area (Å²) in [7, 11) is 0. The molecule has 1 aliphatic heterocycles. The summed E-state index contributed by atoms with van der Waals surface area (Å²) >= 11 is 0. The van der Waals surface area contributed by atoms with Crippen LogP contribution in [-0.2, 0) is 25.6 Å². The first-order valence-corrected chi connectivity index (χ1v) is 13.5. The molecule has 0 radical (unpaired) electrons. The van der Waals surface area contributed by atoms with E-state index in [1.807, 2.05) is 19.3 Å². The van der Waals surface area contributed by atoms with E-state index in [2.05, 4.69) is 41.5 Å². The van der Waals surface area contributed by atoms with Gasteiger partial charge in [0.2, 0.25) is 5.95 Å². The van der Waals surface area contributed by atoms with Crippen molar-refractivity contribution in [2.24, 2.45) is 0 Å². The molecule has 0 amide bonds. The van der Waals surface area contributed by atoms with Crippen molar-refractivity contribution in [3.05, 3.63) is 36.2 Å². The SMILES string of the molecule is CCOC(=O)CCCCCCOCc1cccc(-c2nc(N3CCOCC3)nc3c2ncn3C(C)C)c1. The van der Waals surface area contributed by atoms with Crippen molar-refractivity contribution in [3.8, 4) is 11.3 Å². The first-order valence-electron chi connectivity index (χ1n) is 13.5. The quantitative estimate of drug-likeness (QED) is 0.236. The average molecular weight is 510 g/mol. The Morgan fingerprint density at radius 1 is 1.11 bits per heavy atom. The molecule has 0 unspecified atom stereocenters. The van der Waals surface area contributed by atoms with E-state index in [4.69, 9.17) is 29.2 Å². The Bertz CT molecular complexity index is 1160. The summed E-state index contributed by atoms with van der Waals surface area (Å²) < 4.78 is 18.6. The van der Waals surface area contributed by atoms with Crippen LogP contribution in [0, 0.1) is 0 Å². The van der Waals surface area contributed by atoms with Gasteiger partial charge >= 0.3 is 5.97 Å². The number of nitrogens with zero attached hydrogens (tertiary/aromatic N) is 5. The average Bonchev–Trinajstić information content (AvgIpc) is 3.35. The van der Waals surface area contributed by atoms with Gasteiger partial charge in [0.1, 0.15) is 11.2 Å². The molecule has 0 bridgehead atoms. The molecule has 0 aliphatic carbocycles. The fraction of sp³-hybridized carbons (Fsp3) is 0.571. The normalized spacial score (nSPS) is 14.0. The van der Waals surface area contributed by atoms with Crippen molar-refractivity contribution in [3.63, 3.8) is 0 Å². The summed E-state index contributed by atoms with van der Waals surface area (Å²) in [5.74, 6) is 0.616. The third-order valence-corrected chi connectivity index (χ3v) is 6.45. The van der Waals surface area contributed by atoms with E-state index in [-0.39, 0.29) is 12.0 Å². The fourth-order valence-electron chi connectivity index (χ4n) is 4.45. The second-order valence-electron chi connectivity index (χ2n) is 9.61. The molecule has 4 rings (SSSR count). The topological polar surface area (TPSA) is 91.6 Å². The van der Waals surface area contributed by atoms with E-state index in [9.17, 15) is 4.79 Å². The molecule has 0 atom stereocenters. The van der Waals surface area contributed by atoms with Crippen molar-refractivity contribution in [2.75, 3.05) is 44.4 Å². The number of benzene rings is 1. The van der Waals surface area contributed by atoms with Crippen LogP contribution in [0.25, 0.3) is 22.4 Å². The number of imidazole rings is 1. The predicted molar refractivity (Wildman–Crippen MR) is 144 cm³/mol. The van der Waals surface area contributed by atoms with Crippen LogP contribution in [0.4, 0.5) is 5.95 Å². The van der Waals surface area contributed by atoms with E-state index >= 15 is 0 Å². The standard InChI is InChI=1S/C28H39N5O4/c1-4-37-24(34)12-7-5-6-8-15-36-19-22-10-9-11-23(18-22)25-26-27(33(20-29-26)21(2)3)31-28(30-25)32-13-16-35-17-14-32/h9-11,18,20-21H,4-8,12-17,19H2,1-3H3. The van der Waals surface area contributed by atoms with Gasteiger partial charge in [-0.1, -0.05) is 31.0 Å². The number of anilines is 1. The van der Waals surface area contributed by atoms with Gasteiger partial charge in [-0.2, -0.15) is 4.98 Å². The molecule has 37 heavy (non-hydrogen) atoms. The molecule has 3 heterocycles. The molecular formula is C28H39N5O4. The lowest BCUT2D eigenvalue weighted by Gasteiger charge is -2.27. The summed E-state index contributed by atoms with van der Waals surface area (Å²) in [5.41, 5.74) is 4.62. The number of carbonyl (C=O) groups is 1.